The summed E-state index contributed by atoms with van der Waals surface area (Å²) in [5.74, 6) is 0.660. The number of para-hydroxylation sites is 1. The topological polar surface area (TPSA) is 55.2 Å². The molecule has 1 fully saturated rings. The summed E-state index contributed by atoms with van der Waals surface area (Å²) in [5.41, 5.74) is 0.480. The van der Waals surface area contributed by atoms with Crippen LogP contribution >= 0.6 is 0 Å². The molecule has 25 heavy (non-hydrogen) atoms. The normalized spacial score (nSPS) is 16.4. The average molecular weight is 341 g/mol. The standard InChI is InChI=1S/C20H27N3O2/c1-4-20(2,3)19(25)22-11-9-15(10-12-22)13-23-14-21-17-8-6-5-7-16(17)18(23)24/h5-8,14-15H,4,9-13H2,1-3H3. The molecular formula is C20H27N3O2. The molecule has 2 heterocycles. The Morgan fingerprint density at radius 1 is 1.24 bits per heavy atom. The number of fused-ring (bicyclic) bond motifs is 1. The van der Waals surface area contributed by atoms with Gasteiger partial charge in [0.25, 0.3) is 5.56 Å². The van der Waals surface area contributed by atoms with Crippen LogP contribution in [0, 0.1) is 11.3 Å². The quantitative estimate of drug-likeness (QED) is 0.859. The Balaban J connectivity index is 1.66. The van der Waals surface area contributed by atoms with Crippen molar-refractivity contribution in [1.29, 1.82) is 0 Å². The second kappa shape index (κ2) is 6.98. The summed E-state index contributed by atoms with van der Waals surface area (Å²) in [6.07, 6.45) is 4.38. The van der Waals surface area contributed by atoms with E-state index >= 15 is 0 Å². The van der Waals surface area contributed by atoms with Gasteiger partial charge in [-0.3, -0.25) is 14.2 Å². The van der Waals surface area contributed by atoms with Gasteiger partial charge in [0.2, 0.25) is 5.91 Å². The minimum absolute atomic E-state index is 0.0243. The van der Waals surface area contributed by atoms with Crippen LogP contribution in [-0.2, 0) is 11.3 Å². The SMILES string of the molecule is CCC(C)(C)C(=O)N1CCC(Cn2cnc3ccccc3c2=O)CC1. The number of benzene rings is 1. The highest BCUT2D eigenvalue weighted by molar-refractivity contribution is 5.82. The van der Waals surface area contributed by atoms with E-state index in [-0.39, 0.29) is 16.9 Å². The van der Waals surface area contributed by atoms with Crippen LogP contribution in [0.2, 0.25) is 0 Å². The highest BCUT2D eigenvalue weighted by Gasteiger charge is 2.32. The number of carbonyl (C=O) groups is 1. The average Bonchev–Trinajstić information content (AvgIpc) is 2.64. The number of hydrogen-bond donors (Lipinski definition) is 0. The summed E-state index contributed by atoms with van der Waals surface area (Å²) in [7, 11) is 0. The Kier molecular flexibility index (Phi) is 4.93. The summed E-state index contributed by atoms with van der Waals surface area (Å²) < 4.78 is 1.72. The summed E-state index contributed by atoms with van der Waals surface area (Å²) in [5, 5.41) is 0.669. The monoisotopic (exact) mass is 341 g/mol. The van der Waals surface area contributed by atoms with Gasteiger partial charge in [-0.2, -0.15) is 0 Å². The molecule has 1 aliphatic rings. The van der Waals surface area contributed by atoms with E-state index in [1.165, 1.54) is 0 Å². The van der Waals surface area contributed by atoms with Crippen LogP contribution in [0.4, 0.5) is 0 Å². The van der Waals surface area contributed by atoms with Crippen LogP contribution in [0.3, 0.4) is 0 Å². The number of rotatable bonds is 4. The van der Waals surface area contributed by atoms with Crippen molar-refractivity contribution in [3.63, 3.8) is 0 Å². The number of carbonyl (C=O) groups excluding carboxylic acids is 1. The van der Waals surface area contributed by atoms with Crippen molar-refractivity contribution < 1.29 is 4.79 Å². The maximum Gasteiger partial charge on any atom is 0.261 e. The Bertz CT molecular complexity index is 817. The van der Waals surface area contributed by atoms with Crippen molar-refractivity contribution in [2.24, 2.45) is 11.3 Å². The molecule has 1 aromatic heterocycles. The number of nitrogens with zero attached hydrogens (tertiary/aromatic N) is 3. The van der Waals surface area contributed by atoms with Crippen molar-refractivity contribution in [3.8, 4) is 0 Å². The first-order valence-corrected chi connectivity index (χ1v) is 9.16. The van der Waals surface area contributed by atoms with Gasteiger partial charge in [-0.25, -0.2) is 4.98 Å². The van der Waals surface area contributed by atoms with Crippen molar-refractivity contribution in [2.75, 3.05) is 13.1 Å². The fourth-order valence-electron chi connectivity index (χ4n) is 3.41. The molecule has 1 amide bonds. The highest BCUT2D eigenvalue weighted by atomic mass is 16.2. The molecule has 0 aliphatic carbocycles. The molecular weight excluding hydrogens is 314 g/mol. The molecule has 1 aliphatic heterocycles. The Labute approximate surface area is 148 Å². The maximum absolute atomic E-state index is 12.6. The van der Waals surface area contributed by atoms with E-state index < -0.39 is 0 Å². The molecule has 134 valence electrons. The molecule has 0 spiro atoms. The lowest BCUT2D eigenvalue weighted by Crippen LogP contribution is -2.45. The summed E-state index contributed by atoms with van der Waals surface area (Å²) >= 11 is 0. The minimum atomic E-state index is -0.286. The minimum Gasteiger partial charge on any atom is -0.342 e. The molecule has 0 bridgehead atoms. The highest BCUT2D eigenvalue weighted by Crippen LogP contribution is 2.27. The van der Waals surface area contributed by atoms with Gasteiger partial charge in [0.05, 0.1) is 17.2 Å². The lowest BCUT2D eigenvalue weighted by molar-refractivity contribution is -0.142. The van der Waals surface area contributed by atoms with Crippen LogP contribution in [0.1, 0.15) is 40.0 Å². The number of piperidine rings is 1. The molecule has 0 N–H and O–H groups in total. The fourth-order valence-corrected chi connectivity index (χ4v) is 3.41. The molecule has 0 radical (unpaired) electrons. The van der Waals surface area contributed by atoms with Gasteiger partial charge in [-0.1, -0.05) is 32.9 Å². The van der Waals surface area contributed by atoms with Gasteiger partial charge >= 0.3 is 0 Å². The summed E-state index contributed by atoms with van der Waals surface area (Å²) in [6.45, 7) is 8.33. The van der Waals surface area contributed by atoms with Crippen molar-refractivity contribution in [1.82, 2.24) is 14.5 Å². The summed E-state index contributed by atoms with van der Waals surface area (Å²) in [6, 6.07) is 7.45. The second-order valence-corrected chi connectivity index (χ2v) is 7.69. The van der Waals surface area contributed by atoms with E-state index in [0.717, 1.165) is 37.9 Å². The van der Waals surface area contributed by atoms with Crippen molar-refractivity contribution in [2.45, 2.75) is 46.6 Å². The van der Waals surface area contributed by atoms with E-state index in [0.29, 0.717) is 17.8 Å². The lowest BCUT2D eigenvalue weighted by Gasteiger charge is -2.36. The third kappa shape index (κ3) is 3.60. The zero-order valence-electron chi connectivity index (χ0n) is 15.4. The van der Waals surface area contributed by atoms with Crippen LogP contribution in [0.25, 0.3) is 10.9 Å². The van der Waals surface area contributed by atoms with E-state index in [2.05, 4.69) is 11.9 Å². The second-order valence-electron chi connectivity index (χ2n) is 7.69. The number of amides is 1. The predicted molar refractivity (Wildman–Crippen MR) is 99.4 cm³/mol. The van der Waals surface area contributed by atoms with Crippen molar-refractivity contribution >= 4 is 16.8 Å². The molecule has 2 aromatic rings. The Morgan fingerprint density at radius 2 is 1.92 bits per heavy atom. The Morgan fingerprint density at radius 3 is 2.60 bits per heavy atom. The molecule has 1 saturated heterocycles. The number of aromatic nitrogens is 2. The Hall–Kier alpha value is -2.17. The van der Waals surface area contributed by atoms with Crippen LogP contribution in [-0.4, -0.2) is 33.4 Å². The van der Waals surface area contributed by atoms with Gasteiger partial charge < -0.3 is 4.90 Å². The predicted octanol–water partition coefficient (Wildman–Crippen LogP) is 3.07. The largest absolute Gasteiger partial charge is 0.342 e. The first-order chi connectivity index (χ1) is 11.9. The first kappa shape index (κ1) is 17.6. The molecule has 0 atom stereocenters. The van der Waals surface area contributed by atoms with E-state index in [1.807, 2.05) is 43.0 Å². The molecule has 3 rings (SSSR count). The van der Waals surface area contributed by atoms with Crippen LogP contribution < -0.4 is 5.56 Å². The van der Waals surface area contributed by atoms with Crippen LogP contribution in [0.15, 0.2) is 35.4 Å². The van der Waals surface area contributed by atoms with Gasteiger partial charge in [0.15, 0.2) is 0 Å². The number of hydrogen-bond acceptors (Lipinski definition) is 3. The van der Waals surface area contributed by atoms with Gasteiger partial charge in [-0.05, 0) is 37.3 Å². The zero-order valence-corrected chi connectivity index (χ0v) is 15.4. The third-order valence-corrected chi connectivity index (χ3v) is 5.55. The molecule has 5 nitrogen and oxygen atoms in total. The number of likely N-dealkylation sites (tertiary alicyclic amines) is 1. The van der Waals surface area contributed by atoms with E-state index in [4.69, 9.17) is 0 Å². The van der Waals surface area contributed by atoms with Crippen molar-refractivity contribution in [3.05, 3.63) is 40.9 Å². The molecule has 5 heteroatoms. The van der Waals surface area contributed by atoms with Gasteiger partial charge in [0, 0.05) is 25.0 Å². The first-order valence-electron chi connectivity index (χ1n) is 9.16. The molecule has 0 unspecified atom stereocenters. The lowest BCUT2D eigenvalue weighted by atomic mass is 9.87. The summed E-state index contributed by atoms with van der Waals surface area (Å²) in [4.78, 5) is 31.6. The zero-order chi connectivity index (χ0) is 18.0. The smallest absolute Gasteiger partial charge is 0.261 e. The molecule has 1 aromatic carbocycles. The maximum atomic E-state index is 12.6. The van der Waals surface area contributed by atoms with Gasteiger partial charge in [-0.15, -0.1) is 0 Å². The van der Waals surface area contributed by atoms with E-state index in [1.54, 1.807) is 10.9 Å². The fraction of sp³-hybridized carbons (Fsp3) is 0.550. The van der Waals surface area contributed by atoms with E-state index in [9.17, 15) is 9.59 Å². The van der Waals surface area contributed by atoms with Crippen LogP contribution in [0.5, 0.6) is 0 Å². The third-order valence-electron chi connectivity index (χ3n) is 5.55. The van der Waals surface area contributed by atoms with Gasteiger partial charge in [0.1, 0.15) is 0 Å². The molecule has 0 saturated carbocycles.